The highest BCUT2D eigenvalue weighted by Gasteiger charge is 2.31. The highest BCUT2D eigenvalue weighted by Crippen LogP contribution is 2.28. The zero-order valence-electron chi connectivity index (χ0n) is 8.03. The Balaban J connectivity index is 2.78. The van der Waals surface area contributed by atoms with Crippen LogP contribution in [0.3, 0.4) is 0 Å². The molecule has 0 aromatic heterocycles. The third-order valence-corrected chi connectivity index (χ3v) is 3.18. The van der Waals surface area contributed by atoms with Gasteiger partial charge in [-0.1, -0.05) is 6.08 Å². The van der Waals surface area contributed by atoms with Crippen LogP contribution in [-0.2, 0) is 10.0 Å². The second kappa shape index (κ2) is 3.40. The second-order valence-corrected chi connectivity index (χ2v) is 5.22. The summed E-state index contributed by atoms with van der Waals surface area (Å²) < 4.78 is 21.4. The molecule has 1 atom stereocenters. The fourth-order valence-corrected chi connectivity index (χ4v) is 2.06. The molecule has 1 rings (SSSR count). The van der Waals surface area contributed by atoms with Crippen molar-refractivity contribution in [2.45, 2.75) is 25.3 Å². The smallest absolute Gasteiger partial charge is 0.230 e. The number of nitrogens with zero attached hydrogens (tertiary/aromatic N) is 1. The third kappa shape index (κ3) is 2.79. The quantitative estimate of drug-likeness (QED) is 0.702. The van der Waals surface area contributed by atoms with Crippen molar-refractivity contribution in [2.75, 3.05) is 13.6 Å². The molecule has 0 aliphatic carbocycles. The summed E-state index contributed by atoms with van der Waals surface area (Å²) in [4.78, 5) is 2.13. The maximum absolute atomic E-state index is 10.7. The molecule has 1 heterocycles. The number of hydrogen-bond acceptors (Lipinski definition) is 3. The van der Waals surface area contributed by atoms with Gasteiger partial charge in [0.1, 0.15) is 0 Å². The van der Waals surface area contributed by atoms with E-state index in [-0.39, 0.29) is 5.54 Å². The molecule has 2 N–H and O–H groups in total. The monoisotopic (exact) mass is 204 g/mol. The van der Waals surface area contributed by atoms with Gasteiger partial charge in [-0.05, 0) is 33.4 Å². The molecular formula is C8H16N2O2S. The maximum atomic E-state index is 10.7. The van der Waals surface area contributed by atoms with Crippen molar-refractivity contribution in [1.29, 1.82) is 0 Å². The Morgan fingerprint density at radius 1 is 1.54 bits per heavy atom. The van der Waals surface area contributed by atoms with Gasteiger partial charge < -0.3 is 0 Å². The number of likely N-dealkylation sites (N-methyl/N-ethyl adjacent to an activating group) is 1. The SMILES string of the molecule is CN1CCCC1(C)C=CS(N)(=O)=O. The number of hydrogen-bond donors (Lipinski definition) is 1. The fraction of sp³-hybridized carbons (Fsp3) is 0.750. The standard InChI is InChI=1S/C8H16N2O2S/c1-8(4-3-6-10(8)2)5-7-13(9,11)12/h5,7H,3-4,6H2,1-2H3,(H2,9,11,12). The molecule has 76 valence electrons. The summed E-state index contributed by atoms with van der Waals surface area (Å²) in [6, 6.07) is 0. The van der Waals surface area contributed by atoms with Crippen molar-refractivity contribution in [3.8, 4) is 0 Å². The van der Waals surface area contributed by atoms with Gasteiger partial charge in [-0.15, -0.1) is 0 Å². The summed E-state index contributed by atoms with van der Waals surface area (Å²) in [5.41, 5.74) is -0.146. The lowest BCUT2D eigenvalue weighted by Crippen LogP contribution is -2.36. The topological polar surface area (TPSA) is 63.4 Å². The van der Waals surface area contributed by atoms with Crippen LogP contribution < -0.4 is 5.14 Å². The van der Waals surface area contributed by atoms with Gasteiger partial charge >= 0.3 is 0 Å². The molecule has 0 amide bonds. The van der Waals surface area contributed by atoms with Crippen LogP contribution in [0.4, 0.5) is 0 Å². The van der Waals surface area contributed by atoms with E-state index in [4.69, 9.17) is 5.14 Å². The highest BCUT2D eigenvalue weighted by molar-refractivity contribution is 7.92. The van der Waals surface area contributed by atoms with E-state index in [1.165, 1.54) is 0 Å². The number of rotatable bonds is 2. The number of primary sulfonamides is 1. The number of likely N-dealkylation sites (tertiary alicyclic amines) is 1. The average molecular weight is 204 g/mol. The molecule has 0 aromatic rings. The van der Waals surface area contributed by atoms with Gasteiger partial charge in [-0.2, -0.15) is 0 Å². The van der Waals surface area contributed by atoms with Crippen molar-refractivity contribution in [2.24, 2.45) is 5.14 Å². The van der Waals surface area contributed by atoms with Gasteiger partial charge in [0.15, 0.2) is 0 Å². The van der Waals surface area contributed by atoms with E-state index in [9.17, 15) is 8.42 Å². The number of sulfonamides is 1. The van der Waals surface area contributed by atoms with Gasteiger partial charge in [0.25, 0.3) is 0 Å². The zero-order chi connectivity index (χ0) is 10.1. The summed E-state index contributed by atoms with van der Waals surface area (Å²) >= 11 is 0. The lowest BCUT2D eigenvalue weighted by molar-refractivity contribution is 0.252. The highest BCUT2D eigenvalue weighted by atomic mass is 32.2. The van der Waals surface area contributed by atoms with Crippen LogP contribution >= 0.6 is 0 Å². The van der Waals surface area contributed by atoms with E-state index >= 15 is 0 Å². The summed E-state index contributed by atoms with van der Waals surface area (Å²) in [5, 5.41) is 5.98. The van der Waals surface area contributed by atoms with Crippen LogP contribution in [0.2, 0.25) is 0 Å². The molecule has 1 unspecified atom stereocenters. The van der Waals surface area contributed by atoms with Crippen molar-refractivity contribution in [3.05, 3.63) is 11.5 Å². The fourth-order valence-electron chi connectivity index (χ4n) is 1.57. The molecule has 1 saturated heterocycles. The molecule has 0 spiro atoms. The van der Waals surface area contributed by atoms with E-state index in [2.05, 4.69) is 4.90 Å². The Hall–Kier alpha value is -0.390. The lowest BCUT2D eigenvalue weighted by Gasteiger charge is -2.28. The summed E-state index contributed by atoms with van der Waals surface area (Å²) in [6.07, 6.45) is 3.76. The van der Waals surface area contributed by atoms with Crippen LogP contribution in [0.1, 0.15) is 19.8 Å². The Bertz CT molecular complexity index is 310. The van der Waals surface area contributed by atoms with Gasteiger partial charge in [-0.3, -0.25) is 4.90 Å². The van der Waals surface area contributed by atoms with Crippen molar-refractivity contribution in [1.82, 2.24) is 4.90 Å². The van der Waals surface area contributed by atoms with Gasteiger partial charge in [-0.25, -0.2) is 13.6 Å². The number of nitrogens with two attached hydrogens (primary N) is 1. The van der Waals surface area contributed by atoms with Crippen LogP contribution in [-0.4, -0.2) is 32.4 Å². The van der Waals surface area contributed by atoms with E-state index < -0.39 is 10.0 Å². The van der Waals surface area contributed by atoms with Crippen LogP contribution in [0.5, 0.6) is 0 Å². The minimum absolute atomic E-state index is 0.146. The molecule has 0 saturated carbocycles. The molecule has 1 fully saturated rings. The molecule has 5 heteroatoms. The van der Waals surface area contributed by atoms with Crippen LogP contribution in [0.25, 0.3) is 0 Å². The summed E-state index contributed by atoms with van der Waals surface area (Å²) in [7, 11) is -1.49. The molecule has 1 aliphatic heterocycles. The molecule has 0 bridgehead atoms. The molecule has 0 radical (unpaired) electrons. The second-order valence-electron chi connectivity index (χ2n) is 3.77. The summed E-state index contributed by atoms with van der Waals surface area (Å²) in [6.45, 7) is 3.02. The van der Waals surface area contributed by atoms with Crippen molar-refractivity contribution < 1.29 is 8.42 Å². The van der Waals surface area contributed by atoms with E-state index in [0.717, 1.165) is 24.8 Å². The first-order chi connectivity index (χ1) is 5.83. The normalized spacial score (nSPS) is 31.6. The van der Waals surface area contributed by atoms with E-state index in [0.29, 0.717) is 0 Å². The van der Waals surface area contributed by atoms with Crippen molar-refractivity contribution in [3.63, 3.8) is 0 Å². The van der Waals surface area contributed by atoms with Gasteiger partial charge in [0.05, 0.1) is 0 Å². The Morgan fingerprint density at radius 3 is 2.54 bits per heavy atom. The zero-order valence-corrected chi connectivity index (χ0v) is 8.84. The predicted octanol–water partition coefficient (Wildman–Crippen LogP) is 0.273. The molecule has 13 heavy (non-hydrogen) atoms. The van der Waals surface area contributed by atoms with E-state index in [1.807, 2.05) is 14.0 Å². The predicted molar refractivity (Wildman–Crippen MR) is 52.5 cm³/mol. The molecular weight excluding hydrogens is 188 g/mol. The molecule has 4 nitrogen and oxygen atoms in total. The minimum Gasteiger partial charge on any atom is -0.297 e. The average Bonchev–Trinajstić information content (AvgIpc) is 2.29. The van der Waals surface area contributed by atoms with Crippen molar-refractivity contribution >= 4 is 10.0 Å². The summed E-state index contributed by atoms with van der Waals surface area (Å²) in [5.74, 6) is 0. The first kappa shape index (κ1) is 10.7. The molecule has 0 aromatic carbocycles. The maximum Gasteiger partial charge on any atom is 0.230 e. The first-order valence-corrected chi connectivity index (χ1v) is 5.88. The Kier molecular flexibility index (Phi) is 2.79. The van der Waals surface area contributed by atoms with Gasteiger partial charge in [0.2, 0.25) is 10.0 Å². The van der Waals surface area contributed by atoms with Crippen LogP contribution in [0, 0.1) is 0 Å². The molecule has 1 aliphatic rings. The van der Waals surface area contributed by atoms with Gasteiger partial charge in [0, 0.05) is 10.9 Å². The first-order valence-electron chi connectivity index (χ1n) is 4.27. The minimum atomic E-state index is -3.48. The van der Waals surface area contributed by atoms with Crippen LogP contribution in [0.15, 0.2) is 11.5 Å². The third-order valence-electron chi connectivity index (χ3n) is 2.67. The lowest BCUT2D eigenvalue weighted by atomic mass is 10.00. The van der Waals surface area contributed by atoms with E-state index in [1.54, 1.807) is 6.08 Å². The Labute approximate surface area is 79.5 Å². The Morgan fingerprint density at radius 2 is 2.15 bits per heavy atom. The largest absolute Gasteiger partial charge is 0.297 e.